The smallest absolute Gasteiger partial charge is 0.156 e. The Balaban J connectivity index is 2.46. The van der Waals surface area contributed by atoms with E-state index in [1.807, 2.05) is 38.1 Å². The largest absolute Gasteiger partial charge is 0.486 e. The van der Waals surface area contributed by atoms with Crippen molar-refractivity contribution in [2.45, 2.75) is 19.3 Å². The summed E-state index contributed by atoms with van der Waals surface area (Å²) < 4.78 is 11.1. The van der Waals surface area contributed by atoms with Crippen LogP contribution in [0.5, 0.6) is 11.5 Å². The van der Waals surface area contributed by atoms with Crippen LogP contribution in [0.4, 0.5) is 0 Å². The van der Waals surface area contributed by atoms with Crippen molar-refractivity contribution in [2.75, 3.05) is 13.2 Å². The van der Waals surface area contributed by atoms with Gasteiger partial charge in [0.1, 0.15) is 13.2 Å². The third kappa shape index (κ3) is 4.94. The van der Waals surface area contributed by atoms with Gasteiger partial charge in [-0.3, -0.25) is 0 Å². The van der Waals surface area contributed by atoms with E-state index in [-0.39, 0.29) is 0 Å². The zero-order chi connectivity index (χ0) is 20.2. The summed E-state index contributed by atoms with van der Waals surface area (Å²) in [4.78, 5) is 0. The second-order valence-electron chi connectivity index (χ2n) is 6.36. The van der Waals surface area contributed by atoms with Gasteiger partial charge in [-0.15, -0.1) is 0 Å². The molecule has 0 amide bonds. The second-order valence-corrected chi connectivity index (χ2v) is 7.99. The lowest BCUT2D eigenvalue weighted by molar-refractivity contribution is 0.363. The molecule has 0 heterocycles. The summed E-state index contributed by atoms with van der Waals surface area (Å²) in [6.45, 7) is 11.9. The summed E-state index contributed by atoms with van der Waals surface area (Å²) in [6.07, 6.45) is 3.26. The van der Waals surface area contributed by atoms with Gasteiger partial charge in [-0.1, -0.05) is 85.6 Å². The Hall–Kier alpha value is -1.32. The molecular weight excluding hydrogens is 426 g/mol. The molecule has 0 spiro atoms. The van der Waals surface area contributed by atoms with E-state index < -0.39 is 5.41 Å². The predicted molar refractivity (Wildman–Crippen MR) is 116 cm³/mol. The highest BCUT2D eigenvalue weighted by molar-refractivity contribution is 6.38. The summed E-state index contributed by atoms with van der Waals surface area (Å²) >= 11 is 25.5. The van der Waals surface area contributed by atoms with Gasteiger partial charge in [0.25, 0.3) is 0 Å². The van der Waals surface area contributed by atoms with Crippen molar-refractivity contribution >= 4 is 46.4 Å². The van der Waals surface area contributed by atoms with Crippen molar-refractivity contribution in [3.8, 4) is 11.5 Å². The molecule has 0 atom stereocenters. The van der Waals surface area contributed by atoms with Gasteiger partial charge in [0.15, 0.2) is 11.5 Å². The number of rotatable bonds is 8. The lowest BCUT2D eigenvalue weighted by Gasteiger charge is -2.28. The minimum atomic E-state index is -0.464. The molecule has 0 radical (unpaired) electrons. The van der Waals surface area contributed by atoms with Gasteiger partial charge < -0.3 is 9.47 Å². The summed E-state index contributed by atoms with van der Waals surface area (Å²) in [5.74, 6) is 0.865. The van der Waals surface area contributed by atoms with Crippen molar-refractivity contribution in [1.29, 1.82) is 0 Å². The van der Waals surface area contributed by atoms with Crippen LogP contribution in [0.15, 0.2) is 49.6 Å². The quantitative estimate of drug-likeness (QED) is 0.386. The van der Waals surface area contributed by atoms with E-state index in [0.717, 1.165) is 11.1 Å². The van der Waals surface area contributed by atoms with E-state index >= 15 is 0 Å². The summed E-state index contributed by atoms with van der Waals surface area (Å²) in [5.41, 5.74) is 1.33. The molecule has 0 saturated carbocycles. The lowest BCUT2D eigenvalue weighted by atomic mass is 9.78. The minimum absolute atomic E-state index is 0.319. The van der Waals surface area contributed by atoms with Crippen LogP contribution >= 0.6 is 46.4 Å². The van der Waals surface area contributed by atoms with Gasteiger partial charge in [0.05, 0.1) is 20.1 Å². The molecule has 6 heteroatoms. The maximum absolute atomic E-state index is 6.38. The number of halogens is 4. The molecule has 2 aromatic carbocycles. The molecule has 2 aromatic rings. The Morgan fingerprint density at radius 3 is 1.30 bits per heavy atom. The molecule has 27 heavy (non-hydrogen) atoms. The molecule has 0 fully saturated rings. The number of hydrogen-bond acceptors (Lipinski definition) is 2. The van der Waals surface area contributed by atoms with E-state index in [2.05, 4.69) is 13.2 Å². The predicted octanol–water partition coefficient (Wildman–Crippen LogP) is 7.76. The van der Waals surface area contributed by atoms with E-state index in [9.17, 15) is 0 Å². The van der Waals surface area contributed by atoms with Gasteiger partial charge >= 0.3 is 0 Å². The van der Waals surface area contributed by atoms with Crippen molar-refractivity contribution in [3.05, 3.63) is 80.8 Å². The molecule has 2 rings (SSSR count). The van der Waals surface area contributed by atoms with Crippen LogP contribution < -0.4 is 9.47 Å². The first-order valence-electron chi connectivity index (χ1n) is 8.18. The van der Waals surface area contributed by atoms with Crippen LogP contribution in [0, 0.1) is 0 Å². The first-order chi connectivity index (χ1) is 12.7. The van der Waals surface area contributed by atoms with E-state index in [0.29, 0.717) is 44.8 Å². The third-order valence-electron chi connectivity index (χ3n) is 4.13. The summed E-state index contributed by atoms with van der Waals surface area (Å²) in [7, 11) is 0. The highest BCUT2D eigenvalue weighted by Crippen LogP contribution is 2.43. The summed E-state index contributed by atoms with van der Waals surface area (Å²) in [5, 5.41) is 1.71. The van der Waals surface area contributed by atoms with Gasteiger partial charge in [0, 0.05) is 5.41 Å². The number of ether oxygens (including phenoxy) is 2. The first kappa shape index (κ1) is 22.0. The van der Waals surface area contributed by atoms with Gasteiger partial charge in [-0.25, -0.2) is 0 Å². The molecule has 0 saturated heterocycles. The standard InChI is InChI=1S/C21H20Cl4O2/c1-5-7-26-19-15(22)9-13(10-16(19)23)21(3,4)14-11-17(24)20(18(25)12-14)27-8-6-2/h5-6,9-12H,1-2,7-8H2,3-4H3. The van der Waals surface area contributed by atoms with E-state index in [1.54, 1.807) is 12.2 Å². The first-order valence-corrected chi connectivity index (χ1v) is 9.70. The Kier molecular flexibility index (Phi) is 7.53. The fourth-order valence-electron chi connectivity index (χ4n) is 2.57. The molecule has 144 valence electrons. The minimum Gasteiger partial charge on any atom is -0.486 e. The zero-order valence-electron chi connectivity index (χ0n) is 15.1. The Labute approximate surface area is 180 Å². The van der Waals surface area contributed by atoms with Crippen molar-refractivity contribution in [3.63, 3.8) is 0 Å². The molecule has 0 N–H and O–H groups in total. The van der Waals surface area contributed by atoms with Crippen molar-refractivity contribution < 1.29 is 9.47 Å². The Morgan fingerprint density at radius 1 is 0.741 bits per heavy atom. The molecule has 0 aromatic heterocycles. The van der Waals surface area contributed by atoms with Crippen LogP contribution in [0.25, 0.3) is 0 Å². The van der Waals surface area contributed by atoms with Crippen molar-refractivity contribution in [1.82, 2.24) is 0 Å². The molecule has 0 aliphatic rings. The van der Waals surface area contributed by atoms with Crippen molar-refractivity contribution in [2.24, 2.45) is 0 Å². The molecule has 0 aliphatic carbocycles. The highest BCUT2D eigenvalue weighted by Gasteiger charge is 2.27. The average Bonchev–Trinajstić information content (AvgIpc) is 2.60. The molecule has 0 aliphatic heterocycles. The fraction of sp³-hybridized carbons (Fsp3) is 0.238. The normalized spacial score (nSPS) is 11.2. The molecular formula is C21H20Cl4O2. The van der Waals surface area contributed by atoms with Crippen LogP contribution in [-0.4, -0.2) is 13.2 Å². The molecule has 0 unspecified atom stereocenters. The SMILES string of the molecule is C=CCOc1c(Cl)cc(C(C)(C)c2cc(Cl)c(OCC=C)c(Cl)c2)cc1Cl. The maximum atomic E-state index is 6.38. The highest BCUT2D eigenvalue weighted by atomic mass is 35.5. The van der Waals surface area contributed by atoms with Crippen LogP contribution in [0.1, 0.15) is 25.0 Å². The van der Waals surface area contributed by atoms with E-state index in [1.165, 1.54) is 0 Å². The zero-order valence-corrected chi connectivity index (χ0v) is 18.1. The fourth-order valence-corrected chi connectivity index (χ4v) is 3.76. The number of hydrogen-bond donors (Lipinski definition) is 0. The monoisotopic (exact) mass is 444 g/mol. The summed E-state index contributed by atoms with van der Waals surface area (Å²) in [6, 6.07) is 7.32. The van der Waals surface area contributed by atoms with Gasteiger partial charge in [-0.2, -0.15) is 0 Å². The van der Waals surface area contributed by atoms with Gasteiger partial charge in [0.2, 0.25) is 0 Å². The maximum Gasteiger partial charge on any atom is 0.156 e. The Morgan fingerprint density at radius 2 is 1.04 bits per heavy atom. The second kappa shape index (κ2) is 9.25. The third-order valence-corrected chi connectivity index (χ3v) is 5.25. The lowest BCUT2D eigenvalue weighted by Crippen LogP contribution is -2.19. The van der Waals surface area contributed by atoms with Crippen LogP contribution in [0.2, 0.25) is 20.1 Å². The van der Waals surface area contributed by atoms with Crippen LogP contribution in [-0.2, 0) is 5.41 Å². The van der Waals surface area contributed by atoms with Gasteiger partial charge in [-0.05, 0) is 35.4 Å². The Bertz CT molecular complexity index is 744. The average molecular weight is 446 g/mol. The van der Waals surface area contributed by atoms with Crippen LogP contribution in [0.3, 0.4) is 0 Å². The molecule has 2 nitrogen and oxygen atoms in total. The molecule has 0 bridgehead atoms. The topological polar surface area (TPSA) is 18.5 Å². The van der Waals surface area contributed by atoms with E-state index in [4.69, 9.17) is 55.9 Å². The number of benzene rings is 2.